The fraction of sp³-hybridized carbons (Fsp3) is 0.0444. The van der Waals surface area contributed by atoms with Gasteiger partial charge in [0.15, 0.2) is 0 Å². The zero-order chi connectivity index (χ0) is 31.1. The third kappa shape index (κ3) is 3.76. The predicted octanol–water partition coefficient (Wildman–Crippen LogP) is 12.3. The molecule has 220 valence electrons. The van der Waals surface area contributed by atoms with E-state index in [-0.39, 0.29) is 0 Å². The van der Waals surface area contributed by atoms with Gasteiger partial charge in [-0.15, -0.1) is 0 Å². The SMILES string of the molecule is CCn1c(-c2ccc(-c3ccc4c(c3)c3ccccc3c3cccc5ccc6cccc4c6c53)c3ccccc23)nc2ccccc21. The number of aryl methyl sites for hydroxylation is 1. The van der Waals surface area contributed by atoms with Crippen LogP contribution in [-0.4, -0.2) is 9.55 Å². The predicted molar refractivity (Wildman–Crippen MR) is 201 cm³/mol. The molecule has 0 saturated carbocycles. The van der Waals surface area contributed by atoms with Gasteiger partial charge in [0, 0.05) is 12.1 Å². The van der Waals surface area contributed by atoms with Crippen molar-refractivity contribution in [1.29, 1.82) is 0 Å². The van der Waals surface area contributed by atoms with E-state index in [0.717, 1.165) is 23.4 Å². The van der Waals surface area contributed by atoms with Crippen LogP contribution in [0.2, 0.25) is 0 Å². The standard InChI is InChI=1S/C45H30N2/c1-2-47-42-20-8-7-19-41(42)46-45(47)39-26-25-31(32-13-3-5-15-34(32)39)30-23-24-36-38-18-10-12-29-22-21-28-11-9-17-37(43(28)44(29)38)33-14-4-6-16-35(33)40(36)27-30/h3-27H,2H2,1H3. The van der Waals surface area contributed by atoms with E-state index < -0.39 is 0 Å². The molecule has 2 nitrogen and oxygen atoms in total. The van der Waals surface area contributed by atoms with Gasteiger partial charge in [0.05, 0.1) is 11.0 Å². The first-order valence-corrected chi connectivity index (χ1v) is 16.4. The molecule has 0 bridgehead atoms. The summed E-state index contributed by atoms with van der Waals surface area (Å²) in [5.74, 6) is 1.02. The summed E-state index contributed by atoms with van der Waals surface area (Å²) in [6, 6.07) is 55.8. The summed E-state index contributed by atoms with van der Waals surface area (Å²) >= 11 is 0. The van der Waals surface area contributed by atoms with Crippen LogP contribution in [0.4, 0.5) is 0 Å². The molecule has 0 spiro atoms. The number of rotatable bonds is 3. The molecule has 0 radical (unpaired) electrons. The summed E-state index contributed by atoms with van der Waals surface area (Å²) in [6.07, 6.45) is 0. The lowest BCUT2D eigenvalue weighted by atomic mass is 9.88. The van der Waals surface area contributed by atoms with Crippen LogP contribution < -0.4 is 0 Å². The molecule has 0 unspecified atom stereocenters. The van der Waals surface area contributed by atoms with E-state index in [1.807, 2.05) is 0 Å². The number of imidazole rings is 1. The van der Waals surface area contributed by atoms with Crippen LogP contribution in [0.5, 0.6) is 0 Å². The summed E-state index contributed by atoms with van der Waals surface area (Å²) in [6.45, 7) is 3.06. The third-order valence-corrected chi connectivity index (χ3v) is 10.1. The second-order valence-electron chi connectivity index (χ2n) is 12.6. The van der Waals surface area contributed by atoms with Gasteiger partial charge >= 0.3 is 0 Å². The Labute approximate surface area is 272 Å². The molecule has 0 amide bonds. The molecular weight excluding hydrogens is 569 g/mol. The lowest BCUT2D eigenvalue weighted by Crippen LogP contribution is -1.98. The van der Waals surface area contributed by atoms with Gasteiger partial charge in [-0.1, -0.05) is 127 Å². The van der Waals surface area contributed by atoms with Crippen LogP contribution in [0.25, 0.3) is 98.2 Å². The Balaban J connectivity index is 1.30. The number of para-hydroxylation sites is 2. The van der Waals surface area contributed by atoms with E-state index in [1.165, 1.54) is 81.3 Å². The molecule has 0 N–H and O–H groups in total. The van der Waals surface area contributed by atoms with Crippen LogP contribution in [0.15, 0.2) is 152 Å². The van der Waals surface area contributed by atoms with E-state index in [2.05, 4.69) is 163 Å². The maximum Gasteiger partial charge on any atom is 0.141 e. The molecule has 0 aliphatic heterocycles. The van der Waals surface area contributed by atoms with Gasteiger partial charge in [0.2, 0.25) is 0 Å². The van der Waals surface area contributed by atoms with E-state index in [1.54, 1.807) is 0 Å². The molecule has 1 heterocycles. The Bertz CT molecular complexity index is 2890. The Morgan fingerprint density at radius 3 is 1.70 bits per heavy atom. The van der Waals surface area contributed by atoms with E-state index in [0.29, 0.717) is 0 Å². The molecule has 0 aliphatic rings. The van der Waals surface area contributed by atoms with Crippen LogP contribution >= 0.6 is 0 Å². The minimum Gasteiger partial charge on any atom is -0.324 e. The fourth-order valence-corrected chi connectivity index (χ4v) is 8.07. The second-order valence-corrected chi connectivity index (χ2v) is 12.6. The first-order valence-electron chi connectivity index (χ1n) is 16.4. The van der Waals surface area contributed by atoms with Crippen molar-refractivity contribution in [3.8, 4) is 22.5 Å². The molecule has 10 aromatic rings. The summed E-state index contributed by atoms with van der Waals surface area (Å²) in [5.41, 5.74) is 5.81. The van der Waals surface area contributed by atoms with Crippen molar-refractivity contribution in [2.24, 2.45) is 0 Å². The van der Waals surface area contributed by atoms with Crippen LogP contribution in [0, 0.1) is 0 Å². The van der Waals surface area contributed by atoms with Crippen LogP contribution in [0.3, 0.4) is 0 Å². The van der Waals surface area contributed by atoms with Crippen molar-refractivity contribution in [3.63, 3.8) is 0 Å². The minimum absolute atomic E-state index is 0.861. The Kier molecular flexibility index (Phi) is 5.59. The topological polar surface area (TPSA) is 17.8 Å². The number of nitrogens with zero attached hydrogens (tertiary/aromatic N) is 2. The van der Waals surface area contributed by atoms with Crippen LogP contribution in [-0.2, 0) is 6.54 Å². The van der Waals surface area contributed by atoms with E-state index >= 15 is 0 Å². The van der Waals surface area contributed by atoms with Crippen molar-refractivity contribution in [3.05, 3.63) is 152 Å². The van der Waals surface area contributed by atoms with Gasteiger partial charge < -0.3 is 4.57 Å². The Hall–Kier alpha value is -5.99. The van der Waals surface area contributed by atoms with Gasteiger partial charge in [-0.2, -0.15) is 0 Å². The highest BCUT2D eigenvalue weighted by atomic mass is 15.1. The first kappa shape index (κ1) is 26.2. The summed E-state index contributed by atoms with van der Waals surface area (Å²) in [7, 11) is 0. The number of hydrogen-bond donors (Lipinski definition) is 0. The summed E-state index contributed by atoms with van der Waals surface area (Å²) < 4.78 is 2.33. The third-order valence-electron chi connectivity index (χ3n) is 10.1. The smallest absolute Gasteiger partial charge is 0.141 e. The molecule has 0 saturated heterocycles. The van der Waals surface area contributed by atoms with Gasteiger partial charge in [-0.3, -0.25) is 0 Å². The van der Waals surface area contributed by atoms with Gasteiger partial charge in [0.25, 0.3) is 0 Å². The molecule has 0 fully saturated rings. The summed E-state index contributed by atoms with van der Waals surface area (Å²) in [5, 5.41) is 15.3. The normalized spacial score (nSPS) is 12.0. The molecular formula is C45H30N2. The second kappa shape index (κ2) is 10.0. The van der Waals surface area contributed by atoms with Gasteiger partial charge in [-0.05, 0) is 107 Å². The molecule has 10 rings (SSSR count). The Morgan fingerprint density at radius 2 is 1.00 bits per heavy atom. The largest absolute Gasteiger partial charge is 0.324 e. The zero-order valence-electron chi connectivity index (χ0n) is 26.0. The maximum atomic E-state index is 5.12. The highest BCUT2D eigenvalue weighted by Crippen LogP contribution is 2.42. The monoisotopic (exact) mass is 598 g/mol. The number of fused-ring (bicyclic) bond motifs is 7. The van der Waals surface area contributed by atoms with E-state index in [9.17, 15) is 0 Å². The fourth-order valence-electron chi connectivity index (χ4n) is 8.07. The van der Waals surface area contributed by atoms with Crippen molar-refractivity contribution in [1.82, 2.24) is 9.55 Å². The van der Waals surface area contributed by atoms with E-state index in [4.69, 9.17) is 4.98 Å². The first-order chi connectivity index (χ1) is 23.3. The highest BCUT2D eigenvalue weighted by Gasteiger charge is 2.17. The molecule has 2 heteroatoms. The van der Waals surface area contributed by atoms with Crippen molar-refractivity contribution < 1.29 is 0 Å². The average Bonchev–Trinajstić information content (AvgIpc) is 3.51. The maximum absolute atomic E-state index is 5.12. The van der Waals surface area contributed by atoms with Crippen molar-refractivity contribution in [2.45, 2.75) is 13.5 Å². The molecule has 47 heavy (non-hydrogen) atoms. The molecule has 0 atom stereocenters. The molecule has 1 aromatic heterocycles. The Morgan fingerprint density at radius 1 is 0.447 bits per heavy atom. The molecule has 0 aliphatic carbocycles. The average molecular weight is 599 g/mol. The van der Waals surface area contributed by atoms with Crippen molar-refractivity contribution >= 4 is 75.7 Å². The quantitative estimate of drug-likeness (QED) is 0.185. The van der Waals surface area contributed by atoms with Gasteiger partial charge in [0.1, 0.15) is 5.82 Å². The van der Waals surface area contributed by atoms with Crippen LogP contribution in [0.1, 0.15) is 6.92 Å². The lowest BCUT2D eigenvalue weighted by molar-refractivity contribution is 0.797. The minimum atomic E-state index is 0.861. The number of hydrogen-bond acceptors (Lipinski definition) is 1. The number of aromatic nitrogens is 2. The highest BCUT2D eigenvalue weighted by molar-refractivity contribution is 6.33. The van der Waals surface area contributed by atoms with Gasteiger partial charge in [-0.25, -0.2) is 4.98 Å². The lowest BCUT2D eigenvalue weighted by Gasteiger charge is -2.15. The summed E-state index contributed by atoms with van der Waals surface area (Å²) in [4.78, 5) is 5.12. The molecule has 9 aromatic carbocycles. The zero-order valence-corrected chi connectivity index (χ0v) is 26.0. The number of benzene rings is 8. The van der Waals surface area contributed by atoms with Crippen molar-refractivity contribution in [2.75, 3.05) is 0 Å².